The number of hydrogen-bond donors (Lipinski definition) is 0. The van der Waals surface area contributed by atoms with Gasteiger partial charge in [-0.05, 0) is 0 Å². The summed E-state index contributed by atoms with van der Waals surface area (Å²) in [7, 11) is -1.99. The van der Waals surface area contributed by atoms with Crippen LogP contribution in [0.2, 0.25) is 0 Å². The first-order valence-corrected chi connectivity index (χ1v) is 2.40. The second kappa shape index (κ2) is 2.19. The first-order chi connectivity index (χ1) is 4.11. The predicted molar refractivity (Wildman–Crippen MR) is 23.7 cm³/mol. The molecule has 0 aromatic carbocycles. The maximum Gasteiger partial charge on any atom is 0.578 e. The minimum absolute atomic E-state index is 0.0319. The molecule has 2 nitrogen and oxygen atoms in total. The highest BCUT2D eigenvalue weighted by atomic mass is 19.4. The van der Waals surface area contributed by atoms with Crippen LogP contribution in [0.5, 0.6) is 0 Å². The topological polar surface area (TPSA) is 18.5 Å². The van der Waals surface area contributed by atoms with Gasteiger partial charge in [-0.15, -0.1) is 0 Å². The van der Waals surface area contributed by atoms with Gasteiger partial charge in [-0.3, -0.25) is 0 Å². The summed E-state index contributed by atoms with van der Waals surface area (Å²) < 4.78 is 42.9. The summed E-state index contributed by atoms with van der Waals surface area (Å²) in [5.41, 5.74) is 0. The zero-order chi connectivity index (χ0) is 6.91. The van der Waals surface area contributed by atoms with Crippen molar-refractivity contribution < 1.29 is 22.5 Å². The third kappa shape index (κ3) is 1.59. The van der Waals surface area contributed by atoms with Gasteiger partial charge in [-0.2, -0.15) is 13.2 Å². The number of alkyl halides is 3. The maximum atomic E-state index is 11.5. The number of hydrogen-bond acceptors (Lipinski definition) is 2. The molecule has 6 heteroatoms. The second-order valence-corrected chi connectivity index (χ2v) is 1.62. The summed E-state index contributed by atoms with van der Waals surface area (Å²) >= 11 is 0. The van der Waals surface area contributed by atoms with E-state index in [4.69, 9.17) is 0 Å². The van der Waals surface area contributed by atoms with Crippen molar-refractivity contribution in [2.24, 2.45) is 0 Å². The molecule has 0 aromatic heterocycles. The highest BCUT2D eigenvalue weighted by Gasteiger charge is 2.51. The fourth-order valence-electron chi connectivity index (χ4n) is 0.547. The molecule has 0 aromatic rings. The summed E-state index contributed by atoms with van der Waals surface area (Å²) in [4.78, 5) is 0. The Bertz CT molecular complexity index is 97.7. The van der Waals surface area contributed by atoms with Crippen LogP contribution in [0.3, 0.4) is 0 Å². The molecular weight excluding hydrogens is 136 g/mol. The van der Waals surface area contributed by atoms with Crippen LogP contribution >= 0.6 is 0 Å². The molecule has 1 heterocycles. The van der Waals surface area contributed by atoms with E-state index < -0.39 is 13.2 Å². The van der Waals surface area contributed by atoms with Gasteiger partial charge < -0.3 is 9.31 Å². The molecule has 0 atom stereocenters. The Kier molecular flexibility index (Phi) is 1.67. The van der Waals surface area contributed by atoms with E-state index in [1.54, 1.807) is 0 Å². The molecule has 0 N–H and O–H groups in total. The molecule has 0 amide bonds. The smallest absolute Gasteiger partial charge is 0.402 e. The van der Waals surface area contributed by atoms with Crippen molar-refractivity contribution in [2.45, 2.75) is 6.08 Å². The zero-order valence-electron chi connectivity index (χ0n) is 4.44. The Hall–Kier alpha value is -0.225. The van der Waals surface area contributed by atoms with Crippen LogP contribution in [0.25, 0.3) is 0 Å². The van der Waals surface area contributed by atoms with Crippen LogP contribution in [0, 0.1) is 0 Å². The van der Waals surface area contributed by atoms with Crippen LogP contribution < -0.4 is 0 Å². The van der Waals surface area contributed by atoms with E-state index >= 15 is 0 Å². The molecule has 1 fully saturated rings. The van der Waals surface area contributed by atoms with Crippen LogP contribution in [0.15, 0.2) is 0 Å². The molecule has 52 valence electrons. The van der Waals surface area contributed by atoms with Crippen molar-refractivity contribution in [3.8, 4) is 0 Å². The normalized spacial score (nSPS) is 21.0. The van der Waals surface area contributed by atoms with E-state index in [1.807, 2.05) is 0 Å². The van der Waals surface area contributed by atoms with Crippen molar-refractivity contribution in [1.82, 2.24) is 0 Å². The molecule has 9 heavy (non-hydrogen) atoms. The second-order valence-electron chi connectivity index (χ2n) is 1.62. The monoisotopic (exact) mass is 140 g/mol. The summed E-state index contributed by atoms with van der Waals surface area (Å²) in [5, 5.41) is 0. The lowest BCUT2D eigenvalue weighted by molar-refractivity contribution is -0.0759. The zero-order valence-corrected chi connectivity index (χ0v) is 4.44. The first kappa shape index (κ1) is 6.89. The van der Waals surface area contributed by atoms with E-state index in [9.17, 15) is 13.2 Å². The average Bonchev–Trinajstić information content (AvgIpc) is 2.08. The van der Waals surface area contributed by atoms with Crippen LogP contribution in [0.1, 0.15) is 0 Å². The van der Waals surface area contributed by atoms with Gasteiger partial charge in [0.05, 0.1) is 13.2 Å². The van der Waals surface area contributed by atoms with Crippen molar-refractivity contribution in [3.63, 3.8) is 0 Å². The Morgan fingerprint density at radius 1 is 1.11 bits per heavy atom. The summed E-state index contributed by atoms with van der Waals surface area (Å²) in [5.74, 6) is 0. The van der Waals surface area contributed by atoms with E-state index in [0.717, 1.165) is 0 Å². The lowest BCUT2D eigenvalue weighted by atomic mass is 9.90. The van der Waals surface area contributed by atoms with Gasteiger partial charge in [0.2, 0.25) is 0 Å². The molecule has 0 unspecified atom stereocenters. The molecule has 0 spiro atoms. The van der Waals surface area contributed by atoms with Gasteiger partial charge in [0.15, 0.2) is 0 Å². The molecule has 1 aliphatic rings. The van der Waals surface area contributed by atoms with Gasteiger partial charge in [-0.25, -0.2) is 0 Å². The SMILES string of the molecule is FC(F)(F)B1OCCO1. The first-order valence-electron chi connectivity index (χ1n) is 2.40. The summed E-state index contributed by atoms with van der Waals surface area (Å²) in [6, 6.07) is 0. The molecule has 1 rings (SSSR count). The van der Waals surface area contributed by atoms with Crippen molar-refractivity contribution >= 4 is 7.12 Å². The Morgan fingerprint density at radius 2 is 1.56 bits per heavy atom. The van der Waals surface area contributed by atoms with Crippen molar-refractivity contribution in [1.29, 1.82) is 0 Å². The average molecular weight is 140 g/mol. The predicted octanol–water partition coefficient (Wildman–Crippen LogP) is 0.623. The molecule has 1 aliphatic heterocycles. The summed E-state index contributed by atoms with van der Waals surface area (Å²) in [6.07, 6.45) is -4.36. The Morgan fingerprint density at radius 3 is 1.78 bits per heavy atom. The number of halogens is 3. The van der Waals surface area contributed by atoms with Gasteiger partial charge in [-0.1, -0.05) is 0 Å². The van der Waals surface area contributed by atoms with Gasteiger partial charge in [0.1, 0.15) is 0 Å². The minimum Gasteiger partial charge on any atom is -0.402 e. The van der Waals surface area contributed by atoms with Crippen LogP contribution in [-0.4, -0.2) is 26.4 Å². The van der Waals surface area contributed by atoms with Crippen molar-refractivity contribution in [2.75, 3.05) is 13.2 Å². The van der Waals surface area contributed by atoms with Gasteiger partial charge in [0, 0.05) is 0 Å². The molecule has 0 radical (unpaired) electrons. The van der Waals surface area contributed by atoms with Crippen LogP contribution in [0.4, 0.5) is 13.2 Å². The lowest BCUT2D eigenvalue weighted by Crippen LogP contribution is -2.35. The van der Waals surface area contributed by atoms with Gasteiger partial charge in [0.25, 0.3) is 0 Å². The fraction of sp³-hybridized carbons (Fsp3) is 1.00. The Labute approximate surface area is 50.1 Å². The minimum atomic E-state index is -4.36. The fourth-order valence-corrected chi connectivity index (χ4v) is 0.547. The Balaban J connectivity index is 2.42. The molecule has 1 saturated heterocycles. The molecule has 0 aliphatic carbocycles. The largest absolute Gasteiger partial charge is 0.578 e. The molecular formula is C3H4BF3O2. The summed E-state index contributed by atoms with van der Waals surface area (Å²) in [6.45, 7) is 0.0638. The van der Waals surface area contributed by atoms with E-state index in [2.05, 4.69) is 9.31 Å². The quantitative estimate of drug-likeness (QED) is 0.459. The standard InChI is InChI=1S/C3H4BF3O2/c5-3(6,7)4-8-1-2-9-4/h1-2H2. The van der Waals surface area contributed by atoms with Gasteiger partial charge >= 0.3 is 13.2 Å². The van der Waals surface area contributed by atoms with Crippen LogP contribution in [-0.2, 0) is 9.31 Å². The van der Waals surface area contributed by atoms with E-state index in [1.165, 1.54) is 0 Å². The van der Waals surface area contributed by atoms with Crippen molar-refractivity contribution in [3.05, 3.63) is 0 Å². The third-order valence-corrected chi connectivity index (χ3v) is 0.889. The molecule has 0 bridgehead atoms. The highest BCUT2D eigenvalue weighted by Crippen LogP contribution is 2.22. The maximum absolute atomic E-state index is 11.5. The number of rotatable bonds is 0. The highest BCUT2D eigenvalue weighted by molar-refractivity contribution is 6.47. The molecule has 0 saturated carbocycles. The van der Waals surface area contributed by atoms with E-state index in [-0.39, 0.29) is 13.2 Å². The lowest BCUT2D eigenvalue weighted by Gasteiger charge is -2.06. The third-order valence-electron chi connectivity index (χ3n) is 0.889. The van der Waals surface area contributed by atoms with E-state index in [0.29, 0.717) is 0 Å².